The topological polar surface area (TPSA) is 0 Å². The van der Waals surface area contributed by atoms with Crippen molar-refractivity contribution in [1.82, 2.24) is 0 Å². The molecule has 0 aromatic heterocycles. The second kappa shape index (κ2) is 4.38. The average Bonchev–Trinajstić information content (AvgIpc) is 2.26. The molecule has 94 valence electrons. The van der Waals surface area contributed by atoms with E-state index < -0.39 is 29.3 Å². The van der Waals surface area contributed by atoms with E-state index in [0.29, 0.717) is 0 Å². The summed E-state index contributed by atoms with van der Waals surface area (Å²) < 4.78 is 86.1. The maximum atomic E-state index is 13.1. The standard InChI is InChI=1S/C10H5F7/c11-7(6-4-2-1-3-5-6)8(12)9(13,14)10(15,16)17/h1-5H. The molecule has 0 aliphatic heterocycles. The van der Waals surface area contributed by atoms with Crippen LogP contribution >= 0.6 is 0 Å². The first-order valence-electron chi connectivity index (χ1n) is 4.23. The van der Waals surface area contributed by atoms with Gasteiger partial charge in [0.25, 0.3) is 0 Å². The van der Waals surface area contributed by atoms with Crippen molar-refractivity contribution in [2.75, 3.05) is 0 Å². The maximum absolute atomic E-state index is 13.1. The van der Waals surface area contributed by atoms with Gasteiger partial charge in [0.2, 0.25) is 5.83 Å². The summed E-state index contributed by atoms with van der Waals surface area (Å²) in [6.45, 7) is 0. The molecule has 0 unspecified atom stereocenters. The van der Waals surface area contributed by atoms with Gasteiger partial charge in [-0.15, -0.1) is 0 Å². The zero-order chi connectivity index (χ0) is 13.3. The lowest BCUT2D eigenvalue weighted by Crippen LogP contribution is -2.37. The van der Waals surface area contributed by atoms with Crippen LogP contribution in [0.1, 0.15) is 5.56 Å². The highest BCUT2D eigenvalue weighted by Crippen LogP contribution is 2.44. The van der Waals surface area contributed by atoms with Crippen LogP contribution < -0.4 is 0 Å². The largest absolute Gasteiger partial charge is 0.460 e. The molecule has 0 fully saturated rings. The second-order valence-corrected chi connectivity index (χ2v) is 3.07. The fourth-order valence-corrected chi connectivity index (χ4v) is 0.973. The van der Waals surface area contributed by atoms with Crippen molar-refractivity contribution in [1.29, 1.82) is 0 Å². The minimum absolute atomic E-state index is 0.686. The minimum atomic E-state index is -6.18. The quantitative estimate of drug-likeness (QED) is 0.685. The Morgan fingerprint density at radius 3 is 1.71 bits per heavy atom. The summed E-state index contributed by atoms with van der Waals surface area (Å²) in [5.41, 5.74) is -0.686. The lowest BCUT2D eigenvalue weighted by molar-refractivity contribution is -0.270. The Labute approximate surface area is 91.4 Å². The molecule has 1 aromatic carbocycles. The van der Waals surface area contributed by atoms with E-state index >= 15 is 0 Å². The van der Waals surface area contributed by atoms with E-state index in [4.69, 9.17) is 0 Å². The second-order valence-electron chi connectivity index (χ2n) is 3.07. The highest BCUT2D eigenvalue weighted by Gasteiger charge is 2.62. The number of halogens is 7. The van der Waals surface area contributed by atoms with Crippen LogP contribution in [0.25, 0.3) is 5.83 Å². The van der Waals surface area contributed by atoms with E-state index in [1.807, 2.05) is 0 Å². The molecule has 1 rings (SSSR count). The van der Waals surface area contributed by atoms with Crippen LogP contribution in [-0.4, -0.2) is 12.1 Å². The lowest BCUT2D eigenvalue weighted by Gasteiger charge is -2.18. The van der Waals surface area contributed by atoms with Gasteiger partial charge in [-0.1, -0.05) is 30.3 Å². The third kappa shape index (κ3) is 2.59. The van der Waals surface area contributed by atoms with Crippen molar-refractivity contribution in [3.8, 4) is 0 Å². The highest BCUT2D eigenvalue weighted by atomic mass is 19.4. The van der Waals surface area contributed by atoms with Gasteiger partial charge in [-0.25, -0.2) is 8.78 Å². The molecule has 0 N–H and O–H groups in total. The van der Waals surface area contributed by atoms with Crippen LogP contribution in [0.3, 0.4) is 0 Å². The number of hydrogen-bond acceptors (Lipinski definition) is 0. The number of rotatable bonds is 2. The zero-order valence-corrected chi connectivity index (χ0v) is 8.03. The van der Waals surface area contributed by atoms with E-state index in [-0.39, 0.29) is 0 Å². The summed E-state index contributed by atoms with van der Waals surface area (Å²) in [4.78, 5) is 0. The molecule has 7 heteroatoms. The van der Waals surface area contributed by atoms with Crippen LogP contribution in [0.5, 0.6) is 0 Å². The summed E-state index contributed by atoms with van der Waals surface area (Å²) in [7, 11) is 0. The molecule has 0 spiro atoms. The summed E-state index contributed by atoms with van der Waals surface area (Å²) in [6, 6.07) is 5.47. The van der Waals surface area contributed by atoms with Crippen LogP contribution in [0, 0.1) is 0 Å². The average molecular weight is 258 g/mol. The monoisotopic (exact) mass is 258 g/mol. The van der Waals surface area contributed by atoms with Crippen molar-refractivity contribution < 1.29 is 30.7 Å². The molecule has 0 atom stereocenters. The summed E-state index contributed by atoms with van der Waals surface area (Å²) in [5, 5.41) is 0. The molecule has 0 saturated heterocycles. The van der Waals surface area contributed by atoms with Crippen molar-refractivity contribution in [2.45, 2.75) is 12.1 Å². The molecular weight excluding hydrogens is 253 g/mol. The number of hydrogen-bond donors (Lipinski definition) is 0. The molecule has 1 aromatic rings. The van der Waals surface area contributed by atoms with Gasteiger partial charge in [-0.05, 0) is 0 Å². The molecular formula is C10H5F7. The summed E-state index contributed by atoms with van der Waals surface area (Å²) in [6.07, 6.45) is -6.18. The Kier molecular flexibility index (Phi) is 3.49. The Morgan fingerprint density at radius 1 is 0.824 bits per heavy atom. The summed E-state index contributed by atoms with van der Waals surface area (Å²) >= 11 is 0. The third-order valence-corrected chi connectivity index (χ3v) is 1.85. The Balaban J connectivity index is 3.23. The van der Waals surface area contributed by atoms with Crippen LogP contribution in [0.2, 0.25) is 0 Å². The van der Waals surface area contributed by atoms with Gasteiger partial charge in [0.05, 0.1) is 0 Å². The normalized spacial score (nSPS) is 14.5. The Hall–Kier alpha value is -1.53. The van der Waals surface area contributed by atoms with Crippen molar-refractivity contribution in [3.63, 3.8) is 0 Å². The minimum Gasteiger partial charge on any atom is -0.203 e. The van der Waals surface area contributed by atoms with Gasteiger partial charge in [-0.3, -0.25) is 0 Å². The van der Waals surface area contributed by atoms with Gasteiger partial charge in [0.15, 0.2) is 5.83 Å². The molecule has 0 heterocycles. The van der Waals surface area contributed by atoms with E-state index in [0.717, 1.165) is 12.1 Å². The molecule has 0 saturated carbocycles. The fourth-order valence-electron chi connectivity index (χ4n) is 0.973. The van der Waals surface area contributed by atoms with Crippen LogP contribution in [-0.2, 0) is 0 Å². The smallest absolute Gasteiger partial charge is 0.203 e. The van der Waals surface area contributed by atoms with Crippen molar-refractivity contribution in [2.24, 2.45) is 0 Å². The zero-order valence-electron chi connectivity index (χ0n) is 8.03. The van der Waals surface area contributed by atoms with E-state index in [2.05, 4.69) is 0 Å². The first-order valence-corrected chi connectivity index (χ1v) is 4.23. The Morgan fingerprint density at radius 2 is 1.29 bits per heavy atom. The molecule has 0 aliphatic rings. The van der Waals surface area contributed by atoms with E-state index in [1.54, 1.807) is 0 Å². The van der Waals surface area contributed by atoms with Gasteiger partial charge in [0.1, 0.15) is 0 Å². The fraction of sp³-hybridized carbons (Fsp3) is 0.200. The van der Waals surface area contributed by atoms with E-state index in [9.17, 15) is 30.7 Å². The molecule has 0 radical (unpaired) electrons. The number of alkyl halides is 5. The maximum Gasteiger partial charge on any atom is 0.460 e. The SMILES string of the molecule is FC(=C(F)C(F)(F)C(F)(F)F)c1ccccc1. The third-order valence-electron chi connectivity index (χ3n) is 1.85. The first kappa shape index (κ1) is 13.5. The molecule has 0 amide bonds. The van der Waals surface area contributed by atoms with E-state index in [1.165, 1.54) is 18.2 Å². The van der Waals surface area contributed by atoms with Crippen LogP contribution in [0.15, 0.2) is 36.2 Å². The van der Waals surface area contributed by atoms with Gasteiger partial charge in [-0.2, -0.15) is 22.0 Å². The van der Waals surface area contributed by atoms with Crippen molar-refractivity contribution in [3.05, 3.63) is 41.7 Å². The molecule has 0 bridgehead atoms. The summed E-state index contributed by atoms with van der Waals surface area (Å²) in [5.74, 6) is -11.2. The van der Waals surface area contributed by atoms with Gasteiger partial charge < -0.3 is 0 Å². The molecule has 0 aliphatic carbocycles. The predicted molar refractivity (Wildman–Crippen MR) is 46.6 cm³/mol. The van der Waals surface area contributed by atoms with Gasteiger partial charge in [0, 0.05) is 5.56 Å². The lowest BCUT2D eigenvalue weighted by atomic mass is 10.1. The first-order chi connectivity index (χ1) is 7.68. The highest BCUT2D eigenvalue weighted by molar-refractivity contribution is 5.62. The Bertz CT molecular complexity index is 416. The van der Waals surface area contributed by atoms with Crippen molar-refractivity contribution >= 4 is 5.83 Å². The predicted octanol–water partition coefficient (Wildman–Crippen LogP) is 4.49. The number of allylic oxidation sites excluding steroid dienone is 1. The molecule has 0 nitrogen and oxygen atoms in total. The van der Waals surface area contributed by atoms with Crippen LogP contribution in [0.4, 0.5) is 30.7 Å². The molecule has 17 heavy (non-hydrogen) atoms. The van der Waals surface area contributed by atoms with Gasteiger partial charge >= 0.3 is 12.1 Å². The number of benzene rings is 1.